The zero-order chi connectivity index (χ0) is 24.1. The highest BCUT2D eigenvalue weighted by Crippen LogP contribution is 2.38. The van der Waals surface area contributed by atoms with Crippen LogP contribution in [-0.2, 0) is 22.6 Å². The first-order chi connectivity index (χ1) is 14.6. The average Bonchev–Trinajstić information content (AvgIpc) is 3.07. The largest absolute Gasteiger partial charge is 0.455 e. The van der Waals surface area contributed by atoms with E-state index in [0.717, 1.165) is 18.5 Å². The van der Waals surface area contributed by atoms with E-state index in [-0.39, 0.29) is 16.6 Å². The normalized spacial score (nSPS) is 13.7. The van der Waals surface area contributed by atoms with Crippen LogP contribution in [0.5, 0.6) is 0 Å². The van der Waals surface area contributed by atoms with Crippen molar-refractivity contribution in [2.24, 2.45) is 0 Å². The van der Waals surface area contributed by atoms with Crippen molar-refractivity contribution in [1.82, 2.24) is 19.7 Å². The Morgan fingerprint density at radius 2 is 1.59 bits per heavy atom. The highest BCUT2D eigenvalue weighted by atomic mass is 32.2. The number of fused-ring (bicyclic) bond motifs is 1. The minimum atomic E-state index is -5.81. The summed E-state index contributed by atoms with van der Waals surface area (Å²) in [5.41, 5.74) is -2.21. The number of nitrogens with zero attached hydrogens (tertiary/aromatic N) is 4. The Morgan fingerprint density at radius 1 is 0.938 bits per heavy atom. The van der Waals surface area contributed by atoms with E-state index in [1.165, 1.54) is 6.92 Å². The molecule has 3 rings (SSSR count). The highest BCUT2D eigenvalue weighted by Gasteiger charge is 2.57. The number of sulfone groups is 1. The SMILES string of the molecule is CCS(=O)(=O)c1cc(C(F)(F)F)cnc1-c1cc2cnn(CC(F)(F)C(F)(F)F)c2cn1. The van der Waals surface area contributed by atoms with Gasteiger partial charge in [-0.3, -0.25) is 14.6 Å². The van der Waals surface area contributed by atoms with Gasteiger partial charge in [-0.2, -0.15) is 40.2 Å². The number of rotatable bonds is 5. The molecular formula is C17H12F8N4O2S. The lowest BCUT2D eigenvalue weighted by Crippen LogP contribution is -2.40. The van der Waals surface area contributed by atoms with Crippen LogP contribution in [-0.4, -0.2) is 46.0 Å². The third kappa shape index (κ3) is 4.38. The molecule has 0 N–H and O–H groups in total. The van der Waals surface area contributed by atoms with Crippen LogP contribution >= 0.6 is 0 Å². The van der Waals surface area contributed by atoms with Gasteiger partial charge in [-0.25, -0.2) is 8.42 Å². The fourth-order valence-electron chi connectivity index (χ4n) is 2.69. The molecule has 0 aliphatic heterocycles. The lowest BCUT2D eigenvalue weighted by molar-refractivity contribution is -0.287. The van der Waals surface area contributed by atoms with Gasteiger partial charge >= 0.3 is 18.3 Å². The predicted octanol–water partition coefficient (Wildman–Crippen LogP) is 4.50. The van der Waals surface area contributed by atoms with E-state index in [0.29, 0.717) is 16.9 Å². The van der Waals surface area contributed by atoms with Gasteiger partial charge in [0.1, 0.15) is 12.2 Å². The molecule has 15 heteroatoms. The minimum absolute atomic E-state index is 0.00508. The molecule has 0 unspecified atom stereocenters. The van der Waals surface area contributed by atoms with Gasteiger partial charge in [-0.1, -0.05) is 6.92 Å². The van der Waals surface area contributed by atoms with E-state index in [1.807, 2.05) is 0 Å². The second-order valence-electron chi connectivity index (χ2n) is 6.60. The van der Waals surface area contributed by atoms with Crippen LogP contribution in [0.1, 0.15) is 12.5 Å². The summed E-state index contributed by atoms with van der Waals surface area (Å²) >= 11 is 0. The minimum Gasteiger partial charge on any atom is -0.257 e. The Hall–Kier alpha value is -2.84. The molecule has 0 aliphatic rings. The lowest BCUT2D eigenvalue weighted by atomic mass is 10.2. The first-order valence-electron chi connectivity index (χ1n) is 8.63. The molecule has 3 heterocycles. The number of pyridine rings is 2. The molecule has 0 saturated carbocycles. The summed E-state index contributed by atoms with van der Waals surface area (Å²) in [7, 11) is -4.20. The Kier molecular flexibility index (Phi) is 5.68. The summed E-state index contributed by atoms with van der Waals surface area (Å²) in [6, 6.07) is 1.48. The maximum atomic E-state index is 13.3. The van der Waals surface area contributed by atoms with E-state index >= 15 is 0 Å². The fourth-order valence-corrected chi connectivity index (χ4v) is 3.76. The van der Waals surface area contributed by atoms with Crippen molar-refractivity contribution in [3.63, 3.8) is 0 Å². The summed E-state index contributed by atoms with van der Waals surface area (Å²) in [4.78, 5) is 6.63. The van der Waals surface area contributed by atoms with E-state index in [1.54, 1.807) is 0 Å². The smallest absolute Gasteiger partial charge is 0.257 e. The Bertz CT molecular complexity index is 1270. The van der Waals surface area contributed by atoms with E-state index in [4.69, 9.17) is 0 Å². The van der Waals surface area contributed by atoms with Gasteiger partial charge in [-0.05, 0) is 12.1 Å². The standard InChI is InChI=1S/C17H12F8N4O2S/c1-2-32(30,31)13-4-10(16(20,21)22)6-27-14(13)11-3-9-5-28-29(12(9)7-26-11)8-15(18,19)17(23,24)25/h3-7H,2,8H2,1H3. The summed E-state index contributed by atoms with van der Waals surface area (Å²) in [6.07, 6.45) is -8.49. The molecule has 0 saturated heterocycles. The summed E-state index contributed by atoms with van der Waals surface area (Å²) < 4.78 is 128. The molecule has 3 aromatic heterocycles. The molecule has 32 heavy (non-hydrogen) atoms. The Balaban J connectivity index is 2.12. The maximum absolute atomic E-state index is 13.3. The molecule has 0 atom stereocenters. The first kappa shape index (κ1) is 23.8. The fraction of sp³-hybridized carbons (Fsp3) is 0.353. The molecule has 6 nitrogen and oxygen atoms in total. The quantitative estimate of drug-likeness (QED) is 0.495. The average molecular weight is 488 g/mol. The van der Waals surface area contributed by atoms with E-state index in [2.05, 4.69) is 15.1 Å². The van der Waals surface area contributed by atoms with Gasteiger partial charge in [0.15, 0.2) is 9.84 Å². The van der Waals surface area contributed by atoms with Crippen LogP contribution in [0.3, 0.4) is 0 Å². The molecule has 0 amide bonds. The molecule has 3 aromatic rings. The summed E-state index contributed by atoms with van der Waals surface area (Å²) in [6.45, 7) is -0.615. The molecule has 0 aliphatic carbocycles. The third-order valence-electron chi connectivity index (χ3n) is 4.43. The highest BCUT2D eigenvalue weighted by molar-refractivity contribution is 7.91. The van der Waals surface area contributed by atoms with E-state index < -0.39 is 56.6 Å². The van der Waals surface area contributed by atoms with Crippen molar-refractivity contribution in [2.45, 2.75) is 36.6 Å². The molecule has 0 bridgehead atoms. The third-order valence-corrected chi connectivity index (χ3v) is 6.17. The molecular weight excluding hydrogens is 476 g/mol. The molecule has 0 aromatic carbocycles. The van der Waals surface area contributed by atoms with Gasteiger partial charge in [-0.15, -0.1) is 0 Å². The van der Waals surface area contributed by atoms with Gasteiger partial charge in [0.25, 0.3) is 0 Å². The van der Waals surface area contributed by atoms with Crippen LogP contribution in [0.2, 0.25) is 0 Å². The second kappa shape index (κ2) is 7.64. The molecule has 174 valence electrons. The second-order valence-corrected chi connectivity index (χ2v) is 8.85. The number of hydrogen-bond acceptors (Lipinski definition) is 5. The van der Waals surface area contributed by atoms with Crippen LogP contribution < -0.4 is 0 Å². The monoisotopic (exact) mass is 488 g/mol. The Labute approximate surface area is 174 Å². The van der Waals surface area contributed by atoms with Crippen LogP contribution in [0.25, 0.3) is 22.3 Å². The summed E-state index contributed by atoms with van der Waals surface area (Å²) in [5, 5.41) is 3.47. The summed E-state index contributed by atoms with van der Waals surface area (Å²) in [5.74, 6) is -5.63. The Morgan fingerprint density at radius 3 is 2.16 bits per heavy atom. The van der Waals surface area contributed by atoms with Gasteiger partial charge < -0.3 is 0 Å². The van der Waals surface area contributed by atoms with Gasteiger partial charge in [0, 0.05) is 11.6 Å². The molecule has 0 fully saturated rings. The van der Waals surface area contributed by atoms with Crippen LogP contribution in [0.15, 0.2) is 35.6 Å². The number of aromatic nitrogens is 4. The molecule has 0 spiro atoms. The first-order valence-corrected chi connectivity index (χ1v) is 10.3. The molecule has 0 radical (unpaired) electrons. The van der Waals surface area contributed by atoms with Crippen molar-refractivity contribution in [3.8, 4) is 11.4 Å². The zero-order valence-corrected chi connectivity index (χ0v) is 16.7. The van der Waals surface area contributed by atoms with Crippen LogP contribution in [0, 0.1) is 0 Å². The van der Waals surface area contributed by atoms with E-state index in [9.17, 15) is 43.5 Å². The maximum Gasteiger partial charge on any atom is 0.455 e. The lowest BCUT2D eigenvalue weighted by Gasteiger charge is -2.19. The van der Waals surface area contributed by atoms with Crippen molar-refractivity contribution in [3.05, 3.63) is 36.3 Å². The number of hydrogen-bond donors (Lipinski definition) is 0. The van der Waals surface area contributed by atoms with Crippen LogP contribution in [0.4, 0.5) is 35.1 Å². The number of alkyl halides is 8. The predicted molar refractivity (Wildman–Crippen MR) is 94.5 cm³/mol. The zero-order valence-electron chi connectivity index (χ0n) is 15.8. The number of halogens is 8. The van der Waals surface area contributed by atoms with Crippen molar-refractivity contribution in [1.29, 1.82) is 0 Å². The van der Waals surface area contributed by atoms with Crippen molar-refractivity contribution in [2.75, 3.05) is 5.75 Å². The topological polar surface area (TPSA) is 77.7 Å². The van der Waals surface area contributed by atoms with Gasteiger partial charge in [0.2, 0.25) is 0 Å². The van der Waals surface area contributed by atoms with Gasteiger partial charge in [0.05, 0.1) is 39.8 Å². The van der Waals surface area contributed by atoms with Crippen molar-refractivity contribution < 1.29 is 43.5 Å². The van der Waals surface area contributed by atoms with Crippen molar-refractivity contribution >= 4 is 20.7 Å².